The van der Waals surface area contributed by atoms with Gasteiger partial charge in [-0.1, -0.05) is 25.8 Å². The molecule has 0 atom stereocenters. The van der Waals surface area contributed by atoms with Crippen LogP contribution in [0.5, 0.6) is 5.75 Å². The van der Waals surface area contributed by atoms with Crippen LogP contribution in [-0.4, -0.2) is 19.2 Å². The predicted octanol–water partition coefficient (Wildman–Crippen LogP) is 2.77. The van der Waals surface area contributed by atoms with Crippen molar-refractivity contribution in [3.63, 3.8) is 0 Å². The van der Waals surface area contributed by atoms with Gasteiger partial charge in [0.15, 0.2) is 0 Å². The monoisotopic (exact) mass is 251 g/mol. The highest BCUT2D eigenvalue weighted by molar-refractivity contribution is 5.69. The summed E-state index contributed by atoms with van der Waals surface area (Å²) in [5.74, 6) is 0.462. The first-order chi connectivity index (χ1) is 8.72. The van der Waals surface area contributed by atoms with Crippen LogP contribution in [0, 0.1) is 0 Å². The third kappa shape index (κ3) is 6.13. The first kappa shape index (κ1) is 14.4. The van der Waals surface area contributed by atoms with E-state index in [1.807, 2.05) is 12.1 Å². The average Bonchev–Trinajstić information content (AvgIpc) is 2.35. The topological polar surface area (TPSA) is 61.5 Å². The minimum atomic E-state index is -0.213. The minimum Gasteiger partial charge on any atom is -0.493 e. The van der Waals surface area contributed by atoms with E-state index < -0.39 is 0 Å². The molecule has 1 aromatic rings. The van der Waals surface area contributed by atoms with Gasteiger partial charge in [-0.05, 0) is 18.6 Å². The third-order valence-electron chi connectivity index (χ3n) is 2.44. The van der Waals surface area contributed by atoms with Gasteiger partial charge in [0, 0.05) is 11.8 Å². The molecule has 1 aromatic carbocycles. The first-order valence-corrected chi connectivity index (χ1v) is 6.36. The Morgan fingerprint density at radius 1 is 1.28 bits per heavy atom. The van der Waals surface area contributed by atoms with E-state index in [2.05, 4.69) is 6.92 Å². The molecule has 0 aromatic heterocycles. The van der Waals surface area contributed by atoms with Gasteiger partial charge in [-0.2, -0.15) is 0 Å². The van der Waals surface area contributed by atoms with Crippen LogP contribution in [0.1, 0.15) is 32.6 Å². The highest BCUT2D eigenvalue weighted by atomic mass is 16.5. The molecule has 0 saturated heterocycles. The molecule has 18 heavy (non-hydrogen) atoms. The van der Waals surface area contributed by atoms with Crippen molar-refractivity contribution in [3.05, 3.63) is 24.3 Å². The number of hydrogen-bond donors (Lipinski definition) is 1. The Labute approximate surface area is 108 Å². The Morgan fingerprint density at radius 2 is 2.11 bits per heavy atom. The normalized spacial score (nSPS) is 10.1. The third-order valence-corrected chi connectivity index (χ3v) is 2.44. The Hall–Kier alpha value is -1.71. The number of carbonyl (C=O) groups is 1. The van der Waals surface area contributed by atoms with Gasteiger partial charge in [0.05, 0.1) is 19.6 Å². The standard InChI is InChI=1S/C14H21NO3/c1-2-3-4-9-18-14(16)8-10-17-13-7-5-6-12(15)11-13/h5-7,11H,2-4,8-10,15H2,1H3. The molecule has 0 aliphatic rings. The minimum absolute atomic E-state index is 0.213. The van der Waals surface area contributed by atoms with E-state index in [9.17, 15) is 4.79 Å². The van der Waals surface area contributed by atoms with E-state index in [0.29, 0.717) is 24.7 Å². The number of nitrogens with two attached hydrogens (primary N) is 1. The maximum atomic E-state index is 11.3. The second-order valence-electron chi connectivity index (χ2n) is 4.10. The molecular formula is C14H21NO3. The molecule has 0 aliphatic heterocycles. The Morgan fingerprint density at radius 3 is 2.83 bits per heavy atom. The Kier molecular flexibility index (Phi) is 6.69. The molecule has 4 nitrogen and oxygen atoms in total. The van der Waals surface area contributed by atoms with Gasteiger partial charge in [-0.3, -0.25) is 4.79 Å². The Balaban J connectivity index is 2.12. The summed E-state index contributed by atoms with van der Waals surface area (Å²) in [5, 5.41) is 0. The largest absolute Gasteiger partial charge is 0.493 e. The number of rotatable bonds is 8. The van der Waals surface area contributed by atoms with Crippen LogP contribution in [0.2, 0.25) is 0 Å². The number of carbonyl (C=O) groups excluding carboxylic acids is 1. The van der Waals surface area contributed by atoms with Gasteiger partial charge in [0.2, 0.25) is 0 Å². The fourth-order valence-electron chi connectivity index (χ4n) is 1.47. The van der Waals surface area contributed by atoms with Gasteiger partial charge >= 0.3 is 5.97 Å². The maximum absolute atomic E-state index is 11.3. The summed E-state index contributed by atoms with van der Waals surface area (Å²) in [6.07, 6.45) is 3.41. The first-order valence-electron chi connectivity index (χ1n) is 6.36. The van der Waals surface area contributed by atoms with Crippen molar-refractivity contribution < 1.29 is 14.3 Å². The highest BCUT2D eigenvalue weighted by Gasteiger charge is 2.03. The zero-order valence-corrected chi connectivity index (χ0v) is 10.9. The molecule has 0 unspecified atom stereocenters. The molecule has 100 valence electrons. The number of unbranched alkanes of at least 4 members (excludes halogenated alkanes) is 2. The van der Waals surface area contributed by atoms with E-state index in [1.165, 1.54) is 0 Å². The van der Waals surface area contributed by atoms with Crippen LogP contribution in [0.15, 0.2) is 24.3 Å². The second kappa shape index (κ2) is 8.39. The van der Waals surface area contributed by atoms with E-state index in [0.717, 1.165) is 19.3 Å². The van der Waals surface area contributed by atoms with E-state index >= 15 is 0 Å². The summed E-state index contributed by atoms with van der Waals surface area (Å²) in [7, 11) is 0. The van der Waals surface area contributed by atoms with Crippen molar-refractivity contribution in [2.75, 3.05) is 18.9 Å². The summed E-state index contributed by atoms with van der Waals surface area (Å²) in [4.78, 5) is 11.3. The molecule has 0 radical (unpaired) electrons. The van der Waals surface area contributed by atoms with Gasteiger partial charge in [-0.15, -0.1) is 0 Å². The average molecular weight is 251 g/mol. The number of esters is 1. The smallest absolute Gasteiger partial charge is 0.309 e. The van der Waals surface area contributed by atoms with E-state index in [-0.39, 0.29) is 12.4 Å². The van der Waals surface area contributed by atoms with Crippen LogP contribution in [0.25, 0.3) is 0 Å². The van der Waals surface area contributed by atoms with Crippen LogP contribution in [0.4, 0.5) is 5.69 Å². The molecule has 1 rings (SSSR count). The van der Waals surface area contributed by atoms with Gasteiger partial charge in [-0.25, -0.2) is 0 Å². The number of anilines is 1. The highest BCUT2D eigenvalue weighted by Crippen LogP contribution is 2.14. The van der Waals surface area contributed by atoms with Crippen molar-refractivity contribution >= 4 is 11.7 Å². The number of ether oxygens (including phenoxy) is 2. The van der Waals surface area contributed by atoms with Crippen molar-refractivity contribution in [1.82, 2.24) is 0 Å². The van der Waals surface area contributed by atoms with Crippen LogP contribution < -0.4 is 10.5 Å². The lowest BCUT2D eigenvalue weighted by molar-refractivity contribution is -0.144. The quantitative estimate of drug-likeness (QED) is 0.438. The lowest BCUT2D eigenvalue weighted by Gasteiger charge is -2.07. The summed E-state index contributed by atoms with van der Waals surface area (Å²) < 4.78 is 10.5. The van der Waals surface area contributed by atoms with Gasteiger partial charge < -0.3 is 15.2 Å². The molecule has 0 amide bonds. The molecule has 0 fully saturated rings. The number of benzene rings is 1. The molecular weight excluding hydrogens is 230 g/mol. The van der Waals surface area contributed by atoms with Crippen molar-refractivity contribution in [1.29, 1.82) is 0 Å². The number of hydrogen-bond acceptors (Lipinski definition) is 4. The maximum Gasteiger partial charge on any atom is 0.309 e. The zero-order valence-electron chi connectivity index (χ0n) is 10.9. The lowest BCUT2D eigenvalue weighted by Crippen LogP contribution is -2.10. The lowest BCUT2D eigenvalue weighted by atomic mass is 10.3. The summed E-state index contributed by atoms with van der Waals surface area (Å²) in [6.45, 7) is 2.93. The second-order valence-corrected chi connectivity index (χ2v) is 4.10. The molecule has 2 N–H and O–H groups in total. The fraction of sp³-hybridized carbons (Fsp3) is 0.500. The molecule has 0 heterocycles. The van der Waals surface area contributed by atoms with Crippen LogP contribution in [-0.2, 0) is 9.53 Å². The molecule has 0 spiro atoms. The number of nitrogen functional groups attached to an aromatic ring is 1. The van der Waals surface area contributed by atoms with Crippen LogP contribution in [0.3, 0.4) is 0 Å². The fourth-order valence-corrected chi connectivity index (χ4v) is 1.47. The SMILES string of the molecule is CCCCCOC(=O)CCOc1cccc(N)c1. The summed E-state index contributed by atoms with van der Waals surface area (Å²) >= 11 is 0. The molecule has 0 bridgehead atoms. The van der Waals surface area contributed by atoms with Crippen LogP contribution >= 0.6 is 0 Å². The van der Waals surface area contributed by atoms with Gasteiger partial charge in [0.1, 0.15) is 5.75 Å². The van der Waals surface area contributed by atoms with E-state index in [4.69, 9.17) is 15.2 Å². The van der Waals surface area contributed by atoms with Crippen molar-refractivity contribution in [2.24, 2.45) is 0 Å². The molecule has 0 aliphatic carbocycles. The van der Waals surface area contributed by atoms with Crippen molar-refractivity contribution in [3.8, 4) is 5.75 Å². The molecule has 4 heteroatoms. The Bertz CT molecular complexity index is 366. The molecule has 0 saturated carbocycles. The summed E-state index contributed by atoms with van der Waals surface area (Å²) in [6, 6.07) is 7.14. The van der Waals surface area contributed by atoms with Gasteiger partial charge in [0.25, 0.3) is 0 Å². The van der Waals surface area contributed by atoms with E-state index in [1.54, 1.807) is 12.1 Å². The zero-order chi connectivity index (χ0) is 13.2. The predicted molar refractivity (Wildman–Crippen MR) is 71.5 cm³/mol. The summed E-state index contributed by atoms with van der Waals surface area (Å²) in [5.41, 5.74) is 6.26. The van der Waals surface area contributed by atoms with Crippen molar-refractivity contribution in [2.45, 2.75) is 32.6 Å².